The zero-order valence-electron chi connectivity index (χ0n) is 8.60. The van der Waals surface area contributed by atoms with E-state index in [1.807, 2.05) is 6.92 Å². The third-order valence-electron chi connectivity index (χ3n) is 2.43. The monoisotopic (exact) mass is 203 g/mol. The Morgan fingerprint density at radius 1 is 1.60 bits per heavy atom. The number of aromatic nitrogens is 1. The summed E-state index contributed by atoms with van der Waals surface area (Å²) in [5.41, 5.74) is 4.07. The van der Waals surface area contributed by atoms with E-state index in [-0.39, 0.29) is 5.91 Å². The third kappa shape index (κ3) is 2.62. The zero-order chi connectivity index (χ0) is 10.7. The molecule has 0 saturated heterocycles. The first kappa shape index (κ1) is 9.83. The third-order valence-corrected chi connectivity index (χ3v) is 2.43. The molecule has 1 amide bonds. The molecule has 1 aliphatic rings. The quantitative estimate of drug-likeness (QED) is 0.599. The Balaban J connectivity index is 1.95. The number of carbonyl (C=O) groups excluding carboxylic acids is 1. The number of amides is 1. The Kier molecular flexibility index (Phi) is 2.76. The minimum Gasteiger partial charge on any atom is -0.267 e. The van der Waals surface area contributed by atoms with Crippen LogP contribution in [0.25, 0.3) is 0 Å². The van der Waals surface area contributed by atoms with E-state index in [2.05, 4.69) is 15.5 Å². The van der Waals surface area contributed by atoms with Crippen molar-refractivity contribution in [2.45, 2.75) is 19.8 Å². The van der Waals surface area contributed by atoms with Crippen LogP contribution >= 0.6 is 0 Å². The van der Waals surface area contributed by atoms with Crippen LogP contribution in [0, 0.1) is 5.92 Å². The van der Waals surface area contributed by atoms with Crippen molar-refractivity contribution in [3.63, 3.8) is 0 Å². The second kappa shape index (κ2) is 4.21. The number of hydrogen-bond donors (Lipinski definition) is 1. The van der Waals surface area contributed by atoms with Crippen LogP contribution in [0.1, 0.15) is 30.1 Å². The molecule has 2 rings (SSSR count). The van der Waals surface area contributed by atoms with E-state index in [0.29, 0.717) is 11.5 Å². The highest BCUT2D eigenvalue weighted by molar-refractivity contribution is 5.95. The molecule has 1 aliphatic carbocycles. The molecule has 1 N–H and O–H groups in total. The lowest BCUT2D eigenvalue weighted by Gasteiger charge is -2.00. The van der Waals surface area contributed by atoms with Crippen molar-refractivity contribution in [1.29, 1.82) is 0 Å². The highest BCUT2D eigenvalue weighted by Gasteiger charge is 2.24. The fourth-order valence-electron chi connectivity index (χ4n) is 1.29. The van der Waals surface area contributed by atoms with E-state index >= 15 is 0 Å². The van der Waals surface area contributed by atoms with Crippen molar-refractivity contribution in [3.8, 4) is 0 Å². The number of carbonyl (C=O) groups is 1. The number of hydrogen-bond acceptors (Lipinski definition) is 3. The number of nitrogens with zero attached hydrogens (tertiary/aromatic N) is 2. The van der Waals surface area contributed by atoms with Gasteiger partial charge in [0.1, 0.15) is 0 Å². The topological polar surface area (TPSA) is 54.4 Å². The molecule has 0 unspecified atom stereocenters. The molecule has 1 heterocycles. The van der Waals surface area contributed by atoms with E-state index in [1.54, 1.807) is 18.3 Å². The first-order chi connectivity index (χ1) is 7.27. The SMILES string of the molecule is C/C(=N\NC(=O)c1cccnc1)C1CC1. The smallest absolute Gasteiger partial charge is 0.267 e. The van der Waals surface area contributed by atoms with E-state index in [4.69, 9.17) is 0 Å². The van der Waals surface area contributed by atoms with Crippen molar-refractivity contribution in [2.24, 2.45) is 11.0 Å². The van der Waals surface area contributed by atoms with Gasteiger partial charge in [-0.05, 0) is 37.8 Å². The molecule has 4 nitrogen and oxygen atoms in total. The summed E-state index contributed by atoms with van der Waals surface area (Å²) < 4.78 is 0. The van der Waals surface area contributed by atoms with Crippen LogP contribution in [-0.2, 0) is 0 Å². The predicted molar refractivity (Wildman–Crippen MR) is 57.5 cm³/mol. The van der Waals surface area contributed by atoms with Crippen LogP contribution < -0.4 is 5.43 Å². The molecular weight excluding hydrogens is 190 g/mol. The zero-order valence-corrected chi connectivity index (χ0v) is 8.60. The van der Waals surface area contributed by atoms with Gasteiger partial charge in [0.05, 0.1) is 5.56 Å². The highest BCUT2D eigenvalue weighted by Crippen LogP contribution is 2.30. The summed E-state index contributed by atoms with van der Waals surface area (Å²) in [6.07, 6.45) is 5.54. The Bertz CT molecular complexity index is 382. The van der Waals surface area contributed by atoms with E-state index < -0.39 is 0 Å². The maximum absolute atomic E-state index is 11.5. The second-order valence-corrected chi connectivity index (χ2v) is 3.71. The van der Waals surface area contributed by atoms with E-state index in [1.165, 1.54) is 19.0 Å². The molecule has 1 fully saturated rings. The Morgan fingerprint density at radius 2 is 2.40 bits per heavy atom. The first-order valence-electron chi connectivity index (χ1n) is 5.02. The van der Waals surface area contributed by atoms with E-state index in [9.17, 15) is 4.79 Å². The Hall–Kier alpha value is -1.71. The average Bonchev–Trinajstić information content (AvgIpc) is 3.10. The molecule has 78 valence electrons. The largest absolute Gasteiger partial charge is 0.272 e. The van der Waals surface area contributed by atoms with Gasteiger partial charge in [-0.15, -0.1) is 0 Å². The fourth-order valence-corrected chi connectivity index (χ4v) is 1.29. The van der Waals surface area contributed by atoms with Gasteiger partial charge in [0.15, 0.2) is 0 Å². The number of pyridine rings is 1. The molecular formula is C11H13N3O. The molecule has 1 saturated carbocycles. The lowest BCUT2D eigenvalue weighted by atomic mass is 10.3. The summed E-state index contributed by atoms with van der Waals surface area (Å²) in [5, 5.41) is 4.05. The van der Waals surface area contributed by atoms with Crippen LogP contribution in [0.15, 0.2) is 29.6 Å². The van der Waals surface area contributed by atoms with Crippen molar-refractivity contribution in [2.75, 3.05) is 0 Å². The molecule has 1 aromatic heterocycles. The van der Waals surface area contributed by atoms with Crippen LogP contribution in [0.4, 0.5) is 0 Å². The van der Waals surface area contributed by atoms with Gasteiger partial charge in [0, 0.05) is 18.1 Å². The molecule has 4 heteroatoms. The maximum atomic E-state index is 11.5. The normalized spacial score (nSPS) is 16.2. The lowest BCUT2D eigenvalue weighted by molar-refractivity contribution is 0.0954. The fraction of sp³-hybridized carbons (Fsp3) is 0.364. The molecule has 0 bridgehead atoms. The molecule has 1 aromatic rings. The van der Waals surface area contributed by atoms with Crippen LogP contribution in [0.5, 0.6) is 0 Å². The summed E-state index contributed by atoms with van der Waals surface area (Å²) in [7, 11) is 0. The molecule has 15 heavy (non-hydrogen) atoms. The van der Waals surface area contributed by atoms with Gasteiger partial charge < -0.3 is 0 Å². The summed E-state index contributed by atoms with van der Waals surface area (Å²) in [4.78, 5) is 15.4. The Labute approximate surface area is 88.4 Å². The summed E-state index contributed by atoms with van der Waals surface area (Å²) in [5.74, 6) is 0.377. The predicted octanol–water partition coefficient (Wildman–Crippen LogP) is 1.60. The van der Waals surface area contributed by atoms with Crippen molar-refractivity contribution < 1.29 is 4.79 Å². The van der Waals surface area contributed by atoms with Crippen LogP contribution in [-0.4, -0.2) is 16.6 Å². The van der Waals surface area contributed by atoms with Gasteiger partial charge in [-0.3, -0.25) is 9.78 Å². The minimum atomic E-state index is -0.205. The maximum Gasteiger partial charge on any atom is 0.272 e. The molecule has 0 aromatic carbocycles. The van der Waals surface area contributed by atoms with Gasteiger partial charge in [-0.1, -0.05) is 0 Å². The highest BCUT2D eigenvalue weighted by atomic mass is 16.2. The van der Waals surface area contributed by atoms with Crippen LogP contribution in [0.2, 0.25) is 0 Å². The van der Waals surface area contributed by atoms with Crippen molar-refractivity contribution in [1.82, 2.24) is 10.4 Å². The summed E-state index contributed by atoms with van der Waals surface area (Å²) in [6, 6.07) is 3.44. The number of hydrazone groups is 1. The first-order valence-corrected chi connectivity index (χ1v) is 5.02. The van der Waals surface area contributed by atoms with Crippen molar-refractivity contribution in [3.05, 3.63) is 30.1 Å². The second-order valence-electron chi connectivity index (χ2n) is 3.71. The number of rotatable bonds is 3. The minimum absolute atomic E-state index is 0.205. The summed E-state index contributed by atoms with van der Waals surface area (Å²) >= 11 is 0. The van der Waals surface area contributed by atoms with Gasteiger partial charge in [0.25, 0.3) is 5.91 Å². The van der Waals surface area contributed by atoms with Gasteiger partial charge in [-0.25, -0.2) is 5.43 Å². The van der Waals surface area contributed by atoms with Crippen LogP contribution in [0.3, 0.4) is 0 Å². The number of nitrogens with one attached hydrogen (secondary N) is 1. The van der Waals surface area contributed by atoms with E-state index in [0.717, 1.165) is 5.71 Å². The molecule has 0 spiro atoms. The Morgan fingerprint density at radius 3 is 3.00 bits per heavy atom. The van der Waals surface area contributed by atoms with Gasteiger partial charge in [0.2, 0.25) is 0 Å². The standard InChI is InChI=1S/C11H13N3O/c1-8(9-4-5-9)13-14-11(15)10-3-2-6-12-7-10/h2-3,6-7,9H,4-5H2,1H3,(H,14,15)/b13-8+. The van der Waals surface area contributed by atoms with Gasteiger partial charge in [-0.2, -0.15) is 5.10 Å². The average molecular weight is 203 g/mol. The summed E-state index contributed by atoms with van der Waals surface area (Å²) in [6.45, 7) is 1.95. The molecule has 0 aliphatic heterocycles. The van der Waals surface area contributed by atoms with Crippen molar-refractivity contribution >= 4 is 11.6 Å². The molecule has 0 radical (unpaired) electrons. The lowest BCUT2D eigenvalue weighted by Crippen LogP contribution is -2.19. The molecule has 0 atom stereocenters. The van der Waals surface area contributed by atoms with Gasteiger partial charge >= 0.3 is 0 Å².